The summed E-state index contributed by atoms with van der Waals surface area (Å²) in [7, 11) is 1.33. The van der Waals surface area contributed by atoms with Crippen molar-refractivity contribution >= 4 is 57.1 Å². The summed E-state index contributed by atoms with van der Waals surface area (Å²) in [5.74, 6) is -2.86. The summed E-state index contributed by atoms with van der Waals surface area (Å²) in [4.78, 5) is 67.7. The molecular formula is C32H34N8O8S2. The van der Waals surface area contributed by atoms with Gasteiger partial charge < -0.3 is 35.2 Å². The van der Waals surface area contributed by atoms with Gasteiger partial charge in [0.15, 0.2) is 11.2 Å². The fourth-order valence-electron chi connectivity index (χ4n) is 5.74. The van der Waals surface area contributed by atoms with Crippen molar-refractivity contribution in [1.29, 1.82) is 0 Å². The van der Waals surface area contributed by atoms with Crippen LogP contribution in [0.15, 0.2) is 77.1 Å². The molecule has 262 valence electrons. The van der Waals surface area contributed by atoms with Crippen molar-refractivity contribution in [3.63, 3.8) is 0 Å². The smallest absolute Gasteiger partial charge is 0.410 e. The number of piperazine rings is 1. The number of nitrogens with zero attached hydrogens (tertiary/aromatic N) is 6. The number of carbonyl (C=O) groups excluding carboxylic acids is 4. The molecule has 2 fully saturated rings. The third-order valence-corrected chi connectivity index (χ3v) is 10.5. The second-order valence-corrected chi connectivity index (χ2v) is 13.9. The summed E-state index contributed by atoms with van der Waals surface area (Å²) in [6.07, 6.45) is -1.46. The number of amides is 3. The number of esters is 1. The lowest BCUT2D eigenvalue weighted by Crippen LogP contribution is -2.74. The molecule has 3 amide bonds. The van der Waals surface area contributed by atoms with E-state index in [0.29, 0.717) is 37.3 Å². The minimum Gasteiger partial charge on any atom is -0.448 e. The van der Waals surface area contributed by atoms with Crippen LogP contribution in [0.25, 0.3) is 0 Å². The second kappa shape index (κ2) is 15.1. The largest absolute Gasteiger partial charge is 0.448 e. The Labute approximate surface area is 293 Å². The van der Waals surface area contributed by atoms with Crippen LogP contribution in [-0.2, 0) is 39.5 Å². The van der Waals surface area contributed by atoms with Gasteiger partial charge in [-0.2, -0.15) is 9.36 Å². The standard InChI is InChI=1S/C32H34N8O8S2/c1-38-13-15-39(16-14-38)32(44)47-17-21-18-50(45)29-23(34-27(41)22(36-46-2)26-35-31(33)49-37-26)28(42)40(29)24(21)30(43)48-25(19-9-5-3-6-10-19)20-11-7-4-8-12-20/h3-12,23,25,29H,13-18H2,1-2H3,(H,34,41)(H2,33,35,37)/b36-22+/t23?,29-,50?/m1/s1. The van der Waals surface area contributed by atoms with Crippen LogP contribution in [-0.4, -0.2) is 122 Å². The number of hydrogen-bond donors (Lipinski definition) is 2. The highest BCUT2D eigenvalue weighted by Gasteiger charge is 2.58. The van der Waals surface area contributed by atoms with Gasteiger partial charge in [-0.25, -0.2) is 9.59 Å². The first-order valence-corrected chi connectivity index (χ1v) is 17.7. The number of benzene rings is 2. The van der Waals surface area contributed by atoms with Crippen LogP contribution in [0, 0.1) is 0 Å². The molecule has 6 rings (SSSR count). The van der Waals surface area contributed by atoms with Gasteiger partial charge in [0.1, 0.15) is 30.8 Å². The van der Waals surface area contributed by atoms with E-state index in [1.807, 2.05) is 43.4 Å². The zero-order valence-electron chi connectivity index (χ0n) is 27.1. The van der Waals surface area contributed by atoms with Crippen LogP contribution >= 0.6 is 11.5 Å². The van der Waals surface area contributed by atoms with Crippen molar-refractivity contribution in [3.8, 4) is 0 Å². The molecule has 3 aliphatic rings. The van der Waals surface area contributed by atoms with Gasteiger partial charge >= 0.3 is 12.1 Å². The topological polar surface area (TPSA) is 199 Å². The third-order valence-electron chi connectivity index (χ3n) is 8.30. The van der Waals surface area contributed by atoms with E-state index in [4.69, 9.17) is 20.0 Å². The van der Waals surface area contributed by atoms with Gasteiger partial charge in [-0.15, -0.1) is 0 Å². The third kappa shape index (κ3) is 7.22. The molecule has 2 saturated heterocycles. The van der Waals surface area contributed by atoms with Crippen molar-refractivity contribution in [2.75, 3.05) is 58.4 Å². The maximum Gasteiger partial charge on any atom is 0.410 e. The molecule has 2 aromatic carbocycles. The van der Waals surface area contributed by atoms with Gasteiger partial charge in [-0.1, -0.05) is 65.8 Å². The van der Waals surface area contributed by atoms with Crippen LogP contribution in [0.3, 0.4) is 0 Å². The Kier molecular flexibility index (Phi) is 10.5. The molecule has 16 nitrogen and oxygen atoms in total. The summed E-state index contributed by atoms with van der Waals surface area (Å²) in [5.41, 5.74) is 6.61. The minimum absolute atomic E-state index is 0.0781. The highest BCUT2D eigenvalue weighted by Crippen LogP contribution is 2.37. The quantitative estimate of drug-likeness (QED) is 0.130. The highest BCUT2D eigenvalue weighted by atomic mass is 32.2. The van der Waals surface area contributed by atoms with E-state index in [-0.39, 0.29) is 33.7 Å². The zero-order chi connectivity index (χ0) is 35.4. The van der Waals surface area contributed by atoms with E-state index in [9.17, 15) is 23.4 Å². The van der Waals surface area contributed by atoms with E-state index in [1.54, 1.807) is 29.2 Å². The van der Waals surface area contributed by atoms with E-state index >= 15 is 0 Å². The van der Waals surface area contributed by atoms with Gasteiger partial charge in [0.05, 0.1) is 16.6 Å². The van der Waals surface area contributed by atoms with E-state index in [0.717, 1.165) is 16.4 Å². The first-order chi connectivity index (χ1) is 24.2. The molecule has 4 heterocycles. The maximum atomic E-state index is 14.2. The number of carbonyl (C=O) groups is 4. The molecule has 2 unspecified atom stereocenters. The molecule has 0 saturated carbocycles. The fraction of sp³-hybridized carbons (Fsp3) is 0.344. The number of fused-ring (bicyclic) bond motifs is 1. The van der Waals surface area contributed by atoms with Gasteiger partial charge in [0.2, 0.25) is 11.5 Å². The number of aromatic nitrogens is 2. The molecule has 3 aromatic rings. The maximum absolute atomic E-state index is 14.2. The highest BCUT2D eigenvalue weighted by molar-refractivity contribution is 7.86. The number of nitrogen functional groups attached to an aromatic ring is 1. The Morgan fingerprint density at radius 1 is 1.06 bits per heavy atom. The van der Waals surface area contributed by atoms with Gasteiger partial charge in [0, 0.05) is 43.3 Å². The number of hydrogen-bond acceptors (Lipinski definition) is 14. The molecule has 18 heteroatoms. The van der Waals surface area contributed by atoms with E-state index in [2.05, 4.69) is 24.7 Å². The Balaban J connectivity index is 1.29. The molecule has 50 heavy (non-hydrogen) atoms. The molecule has 1 aromatic heterocycles. The van der Waals surface area contributed by atoms with Crippen molar-refractivity contribution in [2.24, 2.45) is 5.16 Å². The van der Waals surface area contributed by atoms with Gasteiger partial charge in [-0.05, 0) is 18.2 Å². The number of rotatable bonds is 10. The average Bonchev–Trinajstić information content (AvgIpc) is 3.56. The van der Waals surface area contributed by atoms with Crippen LogP contribution in [0.1, 0.15) is 23.1 Å². The molecular weight excluding hydrogens is 689 g/mol. The van der Waals surface area contributed by atoms with Crippen LogP contribution in [0.5, 0.6) is 0 Å². The lowest BCUT2D eigenvalue weighted by atomic mass is 10.0. The Morgan fingerprint density at radius 2 is 1.70 bits per heavy atom. The van der Waals surface area contributed by atoms with E-state index in [1.165, 1.54) is 7.11 Å². The summed E-state index contributed by atoms with van der Waals surface area (Å²) < 4.78 is 29.4. The predicted octanol–water partition coefficient (Wildman–Crippen LogP) is 0.857. The molecule has 3 aliphatic heterocycles. The average molecular weight is 723 g/mol. The molecule has 0 spiro atoms. The second-order valence-electron chi connectivity index (χ2n) is 11.6. The molecule has 0 aliphatic carbocycles. The summed E-state index contributed by atoms with van der Waals surface area (Å²) in [6.45, 7) is 1.84. The van der Waals surface area contributed by atoms with Crippen molar-refractivity contribution in [1.82, 2.24) is 29.4 Å². The predicted molar refractivity (Wildman–Crippen MR) is 182 cm³/mol. The normalized spacial score (nSPS) is 21.0. The molecule has 0 radical (unpaired) electrons. The first-order valence-electron chi connectivity index (χ1n) is 15.5. The number of nitrogens with two attached hydrogens (primary N) is 1. The molecule has 3 N–H and O–H groups in total. The summed E-state index contributed by atoms with van der Waals surface area (Å²) in [5, 5.41) is 5.15. The summed E-state index contributed by atoms with van der Waals surface area (Å²) in [6, 6.07) is 16.8. The van der Waals surface area contributed by atoms with Crippen molar-refractivity contribution in [2.45, 2.75) is 17.5 Å². The van der Waals surface area contributed by atoms with Gasteiger partial charge in [0.25, 0.3) is 11.8 Å². The first kappa shape index (κ1) is 34.7. The number of anilines is 1. The van der Waals surface area contributed by atoms with Gasteiger partial charge in [-0.3, -0.25) is 18.7 Å². The zero-order valence-corrected chi connectivity index (χ0v) is 28.7. The lowest BCUT2D eigenvalue weighted by Gasteiger charge is -2.49. The van der Waals surface area contributed by atoms with Crippen LogP contribution in [0.2, 0.25) is 0 Å². The lowest BCUT2D eigenvalue weighted by molar-refractivity contribution is -0.154. The molecule has 0 bridgehead atoms. The van der Waals surface area contributed by atoms with Crippen molar-refractivity contribution < 1.29 is 37.7 Å². The Bertz CT molecular complexity index is 1810. The fourth-order valence-corrected chi connectivity index (χ4v) is 7.85. The van der Waals surface area contributed by atoms with Crippen LogP contribution < -0.4 is 11.1 Å². The number of likely N-dealkylation sites (N-methyl/N-ethyl adjacent to an activating group) is 1. The number of β-lactam (4-membered cyclic amide) rings is 1. The SMILES string of the molecule is CO/N=C(/C(=O)NC1C(=O)N2C(C(=O)OC(c3ccccc3)c3ccccc3)=C(COC(=O)N3CCN(C)CC3)CS(=O)[C@H]12)c1nsc(N)n1. The Morgan fingerprint density at radius 3 is 2.28 bits per heavy atom. The van der Waals surface area contributed by atoms with E-state index < -0.39 is 58.8 Å². The Hall–Kier alpha value is -5.20. The monoisotopic (exact) mass is 722 g/mol. The number of oxime groups is 1. The van der Waals surface area contributed by atoms with Crippen LogP contribution in [0.4, 0.5) is 9.93 Å². The number of nitrogens with one attached hydrogen (secondary N) is 1. The molecule has 3 atom stereocenters. The minimum atomic E-state index is -1.84. The summed E-state index contributed by atoms with van der Waals surface area (Å²) >= 11 is 0.833. The van der Waals surface area contributed by atoms with Crippen molar-refractivity contribution in [3.05, 3.63) is 88.9 Å². The number of ether oxygens (including phenoxy) is 2.